The molecule has 47 heavy (non-hydrogen) atoms. The van der Waals surface area contributed by atoms with E-state index in [1.54, 1.807) is 0 Å². The van der Waals surface area contributed by atoms with Crippen molar-refractivity contribution in [2.75, 3.05) is 0 Å². The fourth-order valence-electron chi connectivity index (χ4n) is 8.77. The summed E-state index contributed by atoms with van der Waals surface area (Å²) in [6.45, 7) is 8.10. The van der Waals surface area contributed by atoms with Crippen LogP contribution in [0.25, 0.3) is 49.5 Å². The summed E-state index contributed by atoms with van der Waals surface area (Å²) in [5.74, 6) is 0.377. The van der Waals surface area contributed by atoms with Gasteiger partial charge in [0.15, 0.2) is 12.7 Å². The summed E-state index contributed by atoms with van der Waals surface area (Å²) < 4.78 is 2.55. The number of nitrogens with zero attached hydrogens (tertiary/aromatic N) is 1. The summed E-state index contributed by atoms with van der Waals surface area (Å²) in [7, 11) is 0. The molecular weight excluding hydrogens is 567 g/mol. The predicted molar refractivity (Wildman–Crippen MR) is 197 cm³/mol. The highest BCUT2D eigenvalue weighted by atomic mass is 15.0. The van der Waals surface area contributed by atoms with Crippen LogP contribution in [-0.4, -0.2) is 0 Å². The van der Waals surface area contributed by atoms with Crippen molar-refractivity contribution >= 4 is 27.1 Å². The van der Waals surface area contributed by atoms with E-state index in [1.807, 2.05) is 0 Å². The second-order valence-corrected chi connectivity index (χ2v) is 14.2. The van der Waals surface area contributed by atoms with E-state index in [4.69, 9.17) is 0 Å². The van der Waals surface area contributed by atoms with Crippen molar-refractivity contribution < 1.29 is 4.57 Å². The van der Waals surface area contributed by atoms with Gasteiger partial charge in [0.2, 0.25) is 5.69 Å². The molecule has 0 saturated heterocycles. The van der Waals surface area contributed by atoms with Gasteiger partial charge in [-0.05, 0) is 92.2 Å². The topological polar surface area (TPSA) is 3.88 Å². The molecule has 1 aliphatic heterocycles. The van der Waals surface area contributed by atoms with Gasteiger partial charge in [0, 0.05) is 23.3 Å². The summed E-state index contributed by atoms with van der Waals surface area (Å²) in [5, 5.41) is 5.27. The smallest absolute Gasteiger partial charge is 0.197 e. The normalized spacial score (nSPS) is 17.9. The molecule has 6 aromatic rings. The maximum Gasteiger partial charge on any atom is 0.220 e. The van der Waals surface area contributed by atoms with Crippen molar-refractivity contribution in [2.24, 2.45) is 5.92 Å². The second kappa shape index (κ2) is 10.8. The molecule has 2 heterocycles. The molecule has 3 aliphatic rings. The lowest BCUT2D eigenvalue weighted by molar-refractivity contribution is -0.684. The van der Waals surface area contributed by atoms with Gasteiger partial charge in [-0.15, -0.1) is 0 Å². The van der Waals surface area contributed by atoms with Crippen LogP contribution >= 0.6 is 0 Å². The molecule has 0 radical (unpaired) electrons. The summed E-state index contributed by atoms with van der Waals surface area (Å²) in [6.07, 6.45) is 14.5. The first-order valence-corrected chi connectivity index (χ1v) is 17.3. The molecule has 9 rings (SSSR count). The Kier molecular flexibility index (Phi) is 6.47. The standard InChI is InChI=1S/C46H40N/c1-30-12-4-7-17-37-34(30)22-21-33-28-42-39-18-10-11-19-43(39)46(2,3)44(42)29-41(33)45-40-23-20-31-13-5-8-15-35(31)38(40)25-27-47(45)26-24-32-14-6-9-16-36(32)37/h4-20,23,25,27-30H,21-22,24,26H2,1-3H3/q+1. The van der Waals surface area contributed by atoms with Crippen LogP contribution in [0.3, 0.4) is 0 Å². The molecule has 0 bridgehead atoms. The van der Waals surface area contributed by atoms with Crippen molar-refractivity contribution in [3.8, 4) is 22.4 Å². The number of pyridine rings is 1. The number of benzene rings is 5. The Balaban J connectivity index is 1.36. The summed E-state index contributed by atoms with van der Waals surface area (Å²) in [4.78, 5) is 0. The highest BCUT2D eigenvalue weighted by molar-refractivity contribution is 6.11. The summed E-state index contributed by atoms with van der Waals surface area (Å²) >= 11 is 0. The van der Waals surface area contributed by atoms with Gasteiger partial charge >= 0.3 is 0 Å². The largest absolute Gasteiger partial charge is 0.220 e. The van der Waals surface area contributed by atoms with E-state index >= 15 is 0 Å². The fourth-order valence-corrected chi connectivity index (χ4v) is 8.77. The van der Waals surface area contributed by atoms with E-state index in [0.717, 1.165) is 25.8 Å². The van der Waals surface area contributed by atoms with E-state index in [1.165, 1.54) is 82.9 Å². The minimum Gasteiger partial charge on any atom is -0.197 e. The van der Waals surface area contributed by atoms with E-state index in [9.17, 15) is 0 Å². The molecule has 5 aromatic carbocycles. The van der Waals surface area contributed by atoms with Crippen molar-refractivity contribution in [2.45, 2.75) is 52.0 Å². The molecule has 1 heteroatoms. The van der Waals surface area contributed by atoms with Crippen LogP contribution in [0.2, 0.25) is 0 Å². The van der Waals surface area contributed by atoms with Gasteiger partial charge in [-0.1, -0.05) is 130 Å². The number of rotatable bonds is 0. The van der Waals surface area contributed by atoms with Gasteiger partial charge in [0.05, 0.1) is 10.9 Å². The summed E-state index contributed by atoms with van der Waals surface area (Å²) in [5.41, 5.74) is 15.5. The third-order valence-corrected chi connectivity index (χ3v) is 11.3. The molecule has 1 unspecified atom stereocenters. The minimum absolute atomic E-state index is 0.0627. The average Bonchev–Trinajstić information content (AvgIpc) is 3.18. The Hall–Kier alpha value is -5.01. The van der Waals surface area contributed by atoms with Crippen molar-refractivity contribution in [3.05, 3.63) is 167 Å². The van der Waals surface area contributed by atoms with Crippen LogP contribution in [0.15, 0.2) is 139 Å². The van der Waals surface area contributed by atoms with Crippen molar-refractivity contribution in [1.29, 1.82) is 0 Å². The number of allylic oxidation sites excluding steroid dienone is 6. The van der Waals surface area contributed by atoms with Crippen LogP contribution in [-0.2, 0) is 24.8 Å². The molecule has 2 aliphatic carbocycles. The van der Waals surface area contributed by atoms with E-state index in [0.29, 0.717) is 5.92 Å². The number of aromatic nitrogens is 1. The monoisotopic (exact) mass is 606 g/mol. The zero-order valence-electron chi connectivity index (χ0n) is 27.6. The van der Waals surface area contributed by atoms with E-state index in [-0.39, 0.29) is 5.41 Å². The highest BCUT2D eigenvalue weighted by Crippen LogP contribution is 2.51. The van der Waals surface area contributed by atoms with Crippen LogP contribution < -0.4 is 4.57 Å². The molecule has 1 aromatic heterocycles. The number of aryl methyl sites for hydroxylation is 3. The van der Waals surface area contributed by atoms with Crippen LogP contribution in [0.5, 0.6) is 0 Å². The Bertz CT molecular complexity index is 2340. The molecule has 0 saturated carbocycles. The van der Waals surface area contributed by atoms with Gasteiger partial charge in [0.1, 0.15) is 0 Å². The average molecular weight is 607 g/mol. The van der Waals surface area contributed by atoms with Crippen molar-refractivity contribution in [3.63, 3.8) is 0 Å². The highest BCUT2D eigenvalue weighted by Gasteiger charge is 2.37. The Morgan fingerprint density at radius 1 is 0.617 bits per heavy atom. The third-order valence-electron chi connectivity index (χ3n) is 11.3. The lowest BCUT2D eigenvalue weighted by Gasteiger charge is -2.24. The first-order chi connectivity index (χ1) is 23.0. The molecule has 0 fully saturated rings. The number of hydrogen-bond donors (Lipinski definition) is 0. The molecule has 228 valence electrons. The second-order valence-electron chi connectivity index (χ2n) is 14.2. The Morgan fingerprint density at radius 3 is 2.34 bits per heavy atom. The third kappa shape index (κ3) is 4.40. The first-order valence-electron chi connectivity index (χ1n) is 17.3. The van der Waals surface area contributed by atoms with Crippen LogP contribution in [0.4, 0.5) is 0 Å². The van der Waals surface area contributed by atoms with Gasteiger partial charge in [-0.2, -0.15) is 4.57 Å². The zero-order valence-corrected chi connectivity index (χ0v) is 27.6. The van der Waals surface area contributed by atoms with Gasteiger partial charge in [-0.3, -0.25) is 0 Å². The SMILES string of the molecule is CC1C=CC=CC2=C1CCc1cc3c(cc1-c1c4ccc5ccccc5c4cc[n+]1CCc1ccccc12)C(C)(C)c1ccccc1-3. The number of hydrogen-bond acceptors (Lipinski definition) is 0. The van der Waals surface area contributed by atoms with Gasteiger partial charge < -0.3 is 0 Å². The molecule has 1 nitrogen and oxygen atoms in total. The molecule has 0 amide bonds. The fraction of sp³-hybridized carbons (Fsp3) is 0.196. The lowest BCUT2D eigenvalue weighted by Crippen LogP contribution is -2.37. The van der Waals surface area contributed by atoms with Gasteiger partial charge in [0.25, 0.3) is 0 Å². The van der Waals surface area contributed by atoms with Crippen LogP contribution in [0.1, 0.15) is 55.0 Å². The summed E-state index contributed by atoms with van der Waals surface area (Å²) in [6, 6.07) is 39.2. The van der Waals surface area contributed by atoms with Gasteiger partial charge in [-0.25, -0.2) is 0 Å². The maximum atomic E-state index is 2.58. The Labute approximate surface area is 278 Å². The molecule has 0 spiro atoms. The predicted octanol–water partition coefficient (Wildman–Crippen LogP) is 11.0. The Morgan fingerprint density at radius 2 is 1.43 bits per heavy atom. The minimum atomic E-state index is -0.0627. The molecular formula is C46H40N+. The van der Waals surface area contributed by atoms with Crippen molar-refractivity contribution in [1.82, 2.24) is 0 Å². The van der Waals surface area contributed by atoms with Crippen LogP contribution in [0, 0.1) is 5.92 Å². The quantitative estimate of drug-likeness (QED) is 0.120. The first kappa shape index (κ1) is 28.2. The van der Waals surface area contributed by atoms with E-state index in [2.05, 4.69) is 159 Å². The number of fused-ring (bicyclic) bond motifs is 12. The lowest BCUT2D eigenvalue weighted by atomic mass is 9.80. The van der Waals surface area contributed by atoms with E-state index < -0.39 is 0 Å². The maximum absolute atomic E-state index is 2.58. The zero-order chi connectivity index (χ0) is 31.7. The molecule has 0 N–H and O–H groups in total. The molecule has 1 atom stereocenters.